The molecule has 14 heavy (non-hydrogen) atoms. The van der Waals surface area contributed by atoms with Gasteiger partial charge in [-0.3, -0.25) is 4.68 Å². The van der Waals surface area contributed by atoms with Crippen molar-refractivity contribution in [3.8, 4) is 5.75 Å². The van der Waals surface area contributed by atoms with Crippen molar-refractivity contribution >= 4 is 10.3 Å². The minimum absolute atomic E-state index is 0.113. The number of rotatable bonds is 2. The highest BCUT2D eigenvalue weighted by atomic mass is 32.2. The van der Waals surface area contributed by atoms with Gasteiger partial charge in [-0.1, -0.05) is 0 Å². The molecule has 0 unspecified atom stereocenters. The van der Waals surface area contributed by atoms with E-state index in [0.717, 1.165) is 0 Å². The second-order valence-corrected chi connectivity index (χ2v) is 5.02. The summed E-state index contributed by atoms with van der Waals surface area (Å²) in [4.78, 5) is 0. The molecule has 0 saturated heterocycles. The number of nitrogens with two attached hydrogens (primary N) is 1. The van der Waals surface area contributed by atoms with Gasteiger partial charge in [-0.05, 0) is 20.8 Å². The average Bonchev–Trinajstić information content (AvgIpc) is 2.29. The van der Waals surface area contributed by atoms with Gasteiger partial charge in [0.1, 0.15) is 0 Å². The third-order valence-electron chi connectivity index (χ3n) is 1.46. The van der Waals surface area contributed by atoms with Crippen molar-refractivity contribution in [1.82, 2.24) is 9.78 Å². The third-order valence-corrected chi connectivity index (χ3v) is 1.88. The smallest absolute Gasteiger partial charge is 0.368 e. The molecule has 0 aromatic carbocycles. The first-order chi connectivity index (χ1) is 6.18. The van der Waals surface area contributed by atoms with Gasteiger partial charge in [0.05, 0.1) is 17.9 Å². The largest absolute Gasteiger partial charge is 0.380 e. The van der Waals surface area contributed by atoms with E-state index in [-0.39, 0.29) is 11.3 Å². The summed E-state index contributed by atoms with van der Waals surface area (Å²) in [5.74, 6) is 0.113. The van der Waals surface area contributed by atoms with Crippen LogP contribution in [0.2, 0.25) is 0 Å². The molecule has 0 amide bonds. The van der Waals surface area contributed by atoms with Crippen LogP contribution in [0.3, 0.4) is 0 Å². The molecule has 6 nitrogen and oxygen atoms in total. The third kappa shape index (κ3) is 3.00. The summed E-state index contributed by atoms with van der Waals surface area (Å²) in [6.07, 6.45) is 2.78. The van der Waals surface area contributed by atoms with Gasteiger partial charge in [0.2, 0.25) is 0 Å². The molecule has 1 heterocycles. The second-order valence-electron chi connectivity index (χ2n) is 3.87. The molecule has 1 aromatic heterocycles. The van der Waals surface area contributed by atoms with Crippen LogP contribution >= 0.6 is 0 Å². The van der Waals surface area contributed by atoms with E-state index in [4.69, 9.17) is 5.14 Å². The maximum atomic E-state index is 10.6. The van der Waals surface area contributed by atoms with E-state index < -0.39 is 10.3 Å². The fourth-order valence-electron chi connectivity index (χ4n) is 0.850. The van der Waals surface area contributed by atoms with Crippen molar-refractivity contribution in [3.05, 3.63) is 12.4 Å². The molecule has 1 rings (SSSR count). The first kappa shape index (κ1) is 11.0. The Morgan fingerprint density at radius 2 is 2.07 bits per heavy atom. The minimum atomic E-state index is -3.96. The van der Waals surface area contributed by atoms with Crippen LogP contribution in [-0.4, -0.2) is 18.2 Å². The van der Waals surface area contributed by atoms with Crippen molar-refractivity contribution < 1.29 is 12.6 Å². The highest BCUT2D eigenvalue weighted by Crippen LogP contribution is 2.17. The molecule has 0 fully saturated rings. The Balaban J connectivity index is 2.90. The normalized spacial score (nSPS) is 12.9. The Bertz CT molecular complexity index is 416. The van der Waals surface area contributed by atoms with Gasteiger partial charge in [-0.2, -0.15) is 18.7 Å². The van der Waals surface area contributed by atoms with Crippen LogP contribution in [0.1, 0.15) is 20.8 Å². The molecule has 0 aliphatic heterocycles. The van der Waals surface area contributed by atoms with Gasteiger partial charge in [0.15, 0.2) is 5.75 Å². The molecule has 0 saturated carbocycles. The average molecular weight is 219 g/mol. The van der Waals surface area contributed by atoms with E-state index in [1.165, 1.54) is 12.4 Å². The predicted molar refractivity (Wildman–Crippen MR) is 51.0 cm³/mol. The zero-order valence-corrected chi connectivity index (χ0v) is 9.08. The fraction of sp³-hybridized carbons (Fsp3) is 0.571. The molecule has 0 bridgehead atoms. The maximum absolute atomic E-state index is 10.6. The van der Waals surface area contributed by atoms with Crippen molar-refractivity contribution in [1.29, 1.82) is 0 Å². The zero-order chi connectivity index (χ0) is 11.0. The van der Waals surface area contributed by atoms with E-state index in [9.17, 15) is 8.42 Å². The lowest BCUT2D eigenvalue weighted by Crippen LogP contribution is -2.22. The van der Waals surface area contributed by atoms with Gasteiger partial charge < -0.3 is 4.18 Å². The van der Waals surface area contributed by atoms with E-state index in [1.54, 1.807) is 4.68 Å². The lowest BCUT2D eigenvalue weighted by Gasteiger charge is -2.18. The number of hydrogen-bond donors (Lipinski definition) is 1. The van der Waals surface area contributed by atoms with E-state index >= 15 is 0 Å². The molecule has 0 radical (unpaired) electrons. The summed E-state index contributed by atoms with van der Waals surface area (Å²) in [5.41, 5.74) is -0.222. The monoisotopic (exact) mass is 219 g/mol. The first-order valence-corrected chi connectivity index (χ1v) is 5.43. The van der Waals surface area contributed by atoms with Gasteiger partial charge in [0.25, 0.3) is 0 Å². The lowest BCUT2D eigenvalue weighted by molar-refractivity contribution is 0.354. The summed E-state index contributed by atoms with van der Waals surface area (Å²) in [5, 5.41) is 8.64. The van der Waals surface area contributed by atoms with Gasteiger partial charge in [-0.25, -0.2) is 0 Å². The first-order valence-electron chi connectivity index (χ1n) is 3.96. The van der Waals surface area contributed by atoms with Crippen molar-refractivity contribution in [3.63, 3.8) is 0 Å². The summed E-state index contributed by atoms with van der Waals surface area (Å²) in [7, 11) is -3.96. The number of nitrogens with zero attached hydrogens (tertiary/aromatic N) is 2. The Labute approximate surface area is 82.9 Å². The lowest BCUT2D eigenvalue weighted by atomic mass is 10.1. The summed E-state index contributed by atoms with van der Waals surface area (Å²) in [6.45, 7) is 5.79. The maximum Gasteiger partial charge on any atom is 0.380 e. The van der Waals surface area contributed by atoms with Gasteiger partial charge in [0, 0.05) is 0 Å². The van der Waals surface area contributed by atoms with Crippen molar-refractivity contribution in [2.75, 3.05) is 0 Å². The molecular formula is C7H13N3O3S. The summed E-state index contributed by atoms with van der Waals surface area (Å²) in [6, 6.07) is 0. The number of hydrogen-bond acceptors (Lipinski definition) is 4. The summed E-state index contributed by atoms with van der Waals surface area (Å²) >= 11 is 0. The Morgan fingerprint density at radius 3 is 2.43 bits per heavy atom. The standard InChI is InChI=1S/C7H13N3O3S/c1-7(2,3)10-5-6(4-9-10)13-14(8,11)12/h4-5H,1-3H3,(H2,8,11,12). The molecule has 0 atom stereocenters. The molecule has 2 N–H and O–H groups in total. The van der Waals surface area contributed by atoms with Crippen LogP contribution in [0.4, 0.5) is 0 Å². The SMILES string of the molecule is CC(C)(C)n1cc(OS(N)(=O)=O)cn1. The summed E-state index contributed by atoms with van der Waals surface area (Å²) < 4.78 is 27.2. The van der Waals surface area contributed by atoms with Crippen molar-refractivity contribution in [2.45, 2.75) is 26.3 Å². The highest BCUT2D eigenvalue weighted by Gasteiger charge is 2.15. The molecule has 0 aliphatic rings. The van der Waals surface area contributed by atoms with Crippen LogP contribution in [-0.2, 0) is 15.8 Å². The highest BCUT2D eigenvalue weighted by molar-refractivity contribution is 7.84. The van der Waals surface area contributed by atoms with E-state index in [1.807, 2.05) is 20.8 Å². The molecule has 1 aromatic rings. The number of aromatic nitrogens is 2. The molecule has 0 aliphatic carbocycles. The Kier molecular flexibility index (Phi) is 2.55. The predicted octanol–water partition coefficient (Wildman–Crippen LogP) is 0.220. The molecular weight excluding hydrogens is 206 g/mol. The topological polar surface area (TPSA) is 87.2 Å². The Morgan fingerprint density at radius 1 is 1.50 bits per heavy atom. The van der Waals surface area contributed by atoms with Crippen LogP contribution in [0.5, 0.6) is 5.75 Å². The Hall–Kier alpha value is -1.08. The van der Waals surface area contributed by atoms with Crippen LogP contribution in [0, 0.1) is 0 Å². The second kappa shape index (κ2) is 3.25. The van der Waals surface area contributed by atoms with Crippen LogP contribution in [0.25, 0.3) is 0 Å². The molecule has 80 valence electrons. The fourth-order valence-corrected chi connectivity index (χ4v) is 1.20. The van der Waals surface area contributed by atoms with E-state index in [0.29, 0.717) is 0 Å². The molecule has 0 spiro atoms. The van der Waals surface area contributed by atoms with E-state index in [2.05, 4.69) is 9.28 Å². The van der Waals surface area contributed by atoms with Crippen molar-refractivity contribution in [2.24, 2.45) is 5.14 Å². The quantitative estimate of drug-likeness (QED) is 0.770. The van der Waals surface area contributed by atoms with Crippen LogP contribution < -0.4 is 9.32 Å². The van der Waals surface area contributed by atoms with Crippen LogP contribution in [0.15, 0.2) is 12.4 Å². The minimum Gasteiger partial charge on any atom is -0.368 e. The van der Waals surface area contributed by atoms with Gasteiger partial charge in [-0.15, -0.1) is 0 Å². The molecule has 7 heteroatoms. The zero-order valence-electron chi connectivity index (χ0n) is 8.26. The van der Waals surface area contributed by atoms with Gasteiger partial charge >= 0.3 is 10.3 Å².